The van der Waals surface area contributed by atoms with Crippen molar-refractivity contribution in [1.29, 1.82) is 0 Å². The molecule has 0 spiro atoms. The van der Waals surface area contributed by atoms with E-state index in [2.05, 4.69) is 30.7 Å². The predicted octanol–water partition coefficient (Wildman–Crippen LogP) is 3.55. The summed E-state index contributed by atoms with van der Waals surface area (Å²) >= 11 is 1.96. The minimum absolute atomic E-state index is 0.254. The molecule has 1 saturated carbocycles. The molecule has 5 heteroatoms. The summed E-state index contributed by atoms with van der Waals surface area (Å²) in [5, 5.41) is 6.59. The average Bonchev–Trinajstić information content (AvgIpc) is 2.35. The third kappa shape index (κ3) is 6.07. The molecule has 0 saturated heterocycles. The Morgan fingerprint density at radius 3 is 2.19 bits per heavy atom. The highest BCUT2D eigenvalue weighted by atomic mass is 32.2. The molecule has 1 aliphatic rings. The second-order valence-corrected chi connectivity index (χ2v) is 8.26. The highest BCUT2D eigenvalue weighted by Crippen LogP contribution is 2.31. The van der Waals surface area contributed by atoms with Gasteiger partial charge in [0.2, 0.25) is 0 Å². The fraction of sp³-hybridized carbons (Fsp3) is 0.938. The largest absolute Gasteiger partial charge is 0.444 e. The maximum absolute atomic E-state index is 11.7. The van der Waals surface area contributed by atoms with Crippen molar-refractivity contribution in [2.24, 2.45) is 0 Å². The number of hydrogen-bond donors (Lipinski definition) is 2. The second-order valence-electron chi connectivity index (χ2n) is 6.99. The van der Waals surface area contributed by atoms with E-state index in [4.69, 9.17) is 4.74 Å². The first-order chi connectivity index (χ1) is 9.73. The summed E-state index contributed by atoms with van der Waals surface area (Å²) in [7, 11) is 0. The summed E-state index contributed by atoms with van der Waals surface area (Å²) in [6.07, 6.45) is 6.26. The molecule has 0 unspecified atom stereocenters. The maximum Gasteiger partial charge on any atom is 0.407 e. The number of nitrogens with one attached hydrogen (secondary N) is 2. The molecule has 0 heterocycles. The van der Waals surface area contributed by atoms with Gasteiger partial charge in [-0.05, 0) is 52.7 Å². The van der Waals surface area contributed by atoms with E-state index in [-0.39, 0.29) is 12.1 Å². The van der Waals surface area contributed by atoms with Gasteiger partial charge in [-0.25, -0.2) is 4.79 Å². The average molecular weight is 317 g/mol. The minimum atomic E-state index is -0.425. The summed E-state index contributed by atoms with van der Waals surface area (Å²) in [6, 6.07) is 0.777. The normalized spacial score (nSPS) is 22.6. The van der Waals surface area contributed by atoms with Crippen molar-refractivity contribution in [3.05, 3.63) is 0 Å². The van der Waals surface area contributed by atoms with Gasteiger partial charge in [-0.15, -0.1) is 0 Å². The predicted molar refractivity (Wildman–Crippen MR) is 91.0 cm³/mol. The Morgan fingerprint density at radius 1 is 1.19 bits per heavy atom. The molecule has 0 aliphatic heterocycles. The lowest BCUT2D eigenvalue weighted by Crippen LogP contribution is -2.55. The molecule has 0 bridgehead atoms. The van der Waals surface area contributed by atoms with E-state index in [1.165, 1.54) is 12.8 Å². The van der Waals surface area contributed by atoms with Crippen LogP contribution in [0.3, 0.4) is 0 Å². The first kappa shape index (κ1) is 18.6. The molecule has 1 rings (SSSR count). The van der Waals surface area contributed by atoms with E-state index < -0.39 is 5.60 Å². The van der Waals surface area contributed by atoms with Crippen LogP contribution < -0.4 is 10.6 Å². The topological polar surface area (TPSA) is 50.4 Å². The number of alkyl carbamates (subject to hydrolysis) is 1. The van der Waals surface area contributed by atoms with Crippen LogP contribution in [0.25, 0.3) is 0 Å². The van der Waals surface area contributed by atoms with E-state index in [9.17, 15) is 4.79 Å². The van der Waals surface area contributed by atoms with Crippen LogP contribution in [0, 0.1) is 0 Å². The molecular weight excluding hydrogens is 284 g/mol. The van der Waals surface area contributed by atoms with E-state index in [0.29, 0.717) is 10.8 Å². The SMILES string of the molecule is CCC(CC)(CNC1CC(NC(=O)OC(C)(C)C)C1)SC. The van der Waals surface area contributed by atoms with Crippen LogP contribution in [0.2, 0.25) is 0 Å². The van der Waals surface area contributed by atoms with Gasteiger partial charge < -0.3 is 15.4 Å². The zero-order valence-corrected chi connectivity index (χ0v) is 15.2. The third-order valence-corrected chi connectivity index (χ3v) is 5.88. The number of carbonyl (C=O) groups is 1. The Hall–Kier alpha value is -0.420. The summed E-state index contributed by atoms with van der Waals surface area (Å²) in [5.74, 6) is 0. The molecule has 0 aromatic carbocycles. The fourth-order valence-corrected chi connectivity index (χ4v) is 3.37. The molecule has 124 valence electrons. The van der Waals surface area contributed by atoms with E-state index in [1.54, 1.807) is 0 Å². The molecule has 1 aliphatic carbocycles. The van der Waals surface area contributed by atoms with Crippen LogP contribution in [0.5, 0.6) is 0 Å². The smallest absolute Gasteiger partial charge is 0.407 e. The van der Waals surface area contributed by atoms with E-state index in [0.717, 1.165) is 19.4 Å². The first-order valence-corrected chi connectivity index (χ1v) is 9.24. The Morgan fingerprint density at radius 2 is 1.76 bits per heavy atom. The lowest BCUT2D eigenvalue weighted by Gasteiger charge is -2.39. The Balaban J connectivity index is 2.23. The van der Waals surface area contributed by atoms with Gasteiger partial charge >= 0.3 is 6.09 Å². The lowest BCUT2D eigenvalue weighted by atomic mass is 9.86. The van der Waals surface area contributed by atoms with Crippen LogP contribution in [0.15, 0.2) is 0 Å². The Labute approximate surface area is 134 Å². The van der Waals surface area contributed by atoms with Gasteiger partial charge in [0, 0.05) is 23.4 Å². The number of hydrogen-bond acceptors (Lipinski definition) is 4. The molecule has 0 atom stereocenters. The molecular formula is C16H32N2O2S. The first-order valence-electron chi connectivity index (χ1n) is 8.01. The van der Waals surface area contributed by atoms with Crippen molar-refractivity contribution in [3.8, 4) is 0 Å². The monoisotopic (exact) mass is 316 g/mol. The van der Waals surface area contributed by atoms with Crippen LogP contribution in [-0.4, -0.2) is 41.3 Å². The molecule has 4 nitrogen and oxygen atoms in total. The highest BCUT2D eigenvalue weighted by molar-refractivity contribution is 8.00. The number of carbonyl (C=O) groups excluding carboxylic acids is 1. The van der Waals surface area contributed by atoms with Crippen molar-refractivity contribution >= 4 is 17.9 Å². The van der Waals surface area contributed by atoms with E-state index in [1.807, 2.05) is 32.5 Å². The van der Waals surface area contributed by atoms with Crippen LogP contribution >= 0.6 is 11.8 Å². The highest BCUT2D eigenvalue weighted by Gasteiger charge is 2.33. The molecule has 1 fully saturated rings. The van der Waals surface area contributed by atoms with Crippen LogP contribution in [0.4, 0.5) is 4.79 Å². The van der Waals surface area contributed by atoms with Gasteiger partial charge in [-0.1, -0.05) is 13.8 Å². The third-order valence-electron chi connectivity index (χ3n) is 4.29. The van der Waals surface area contributed by atoms with Crippen molar-refractivity contribution < 1.29 is 9.53 Å². The van der Waals surface area contributed by atoms with Gasteiger partial charge in [0.25, 0.3) is 0 Å². The summed E-state index contributed by atoms with van der Waals surface area (Å²) in [6.45, 7) is 11.2. The van der Waals surface area contributed by atoms with Gasteiger partial charge in [-0.3, -0.25) is 0 Å². The molecule has 0 aromatic rings. The van der Waals surface area contributed by atoms with Gasteiger partial charge in [0.15, 0.2) is 0 Å². The molecule has 0 radical (unpaired) electrons. The Bertz CT molecular complexity index is 323. The van der Waals surface area contributed by atoms with Crippen LogP contribution in [0.1, 0.15) is 60.3 Å². The Kier molecular flexibility index (Phi) is 6.85. The fourth-order valence-electron chi connectivity index (χ4n) is 2.57. The van der Waals surface area contributed by atoms with Crippen molar-refractivity contribution in [3.63, 3.8) is 0 Å². The van der Waals surface area contributed by atoms with Crippen LogP contribution in [-0.2, 0) is 4.74 Å². The standard InChI is InChI=1S/C16H32N2O2S/c1-7-16(8-2,21-6)11-17-12-9-13(10-12)18-14(19)20-15(3,4)5/h12-13,17H,7-11H2,1-6H3,(H,18,19). The van der Waals surface area contributed by atoms with Crippen molar-refractivity contribution in [2.75, 3.05) is 12.8 Å². The maximum atomic E-state index is 11.7. The zero-order valence-electron chi connectivity index (χ0n) is 14.4. The summed E-state index contributed by atoms with van der Waals surface area (Å²) in [5.41, 5.74) is -0.425. The van der Waals surface area contributed by atoms with Crippen molar-refractivity contribution in [1.82, 2.24) is 10.6 Å². The number of thioether (sulfide) groups is 1. The van der Waals surface area contributed by atoms with Gasteiger partial charge in [0.05, 0.1) is 0 Å². The van der Waals surface area contributed by atoms with Gasteiger partial charge in [0.1, 0.15) is 5.60 Å². The zero-order chi connectivity index (χ0) is 16.1. The molecule has 1 amide bonds. The summed E-state index contributed by atoms with van der Waals surface area (Å²) < 4.78 is 5.62. The lowest BCUT2D eigenvalue weighted by molar-refractivity contribution is 0.0465. The van der Waals surface area contributed by atoms with Gasteiger partial charge in [-0.2, -0.15) is 11.8 Å². The molecule has 0 aromatic heterocycles. The number of amides is 1. The molecule has 21 heavy (non-hydrogen) atoms. The number of rotatable bonds is 7. The second kappa shape index (κ2) is 7.73. The quantitative estimate of drug-likeness (QED) is 0.754. The summed E-state index contributed by atoms with van der Waals surface area (Å²) in [4.78, 5) is 11.7. The number of ether oxygens (including phenoxy) is 1. The van der Waals surface area contributed by atoms with Crippen molar-refractivity contribution in [2.45, 2.75) is 82.7 Å². The molecule has 2 N–H and O–H groups in total. The minimum Gasteiger partial charge on any atom is -0.444 e. The van der Waals surface area contributed by atoms with E-state index >= 15 is 0 Å².